The highest BCUT2D eigenvalue weighted by atomic mass is 16.5. The molecule has 84 valence electrons. The molecule has 16 heavy (non-hydrogen) atoms. The second kappa shape index (κ2) is 4.84. The van der Waals surface area contributed by atoms with Crippen molar-refractivity contribution >= 4 is 5.91 Å². The van der Waals surface area contributed by atoms with E-state index in [2.05, 4.69) is 0 Å². The number of ether oxygens (including phenoxy) is 1. The number of rotatable bonds is 4. The van der Waals surface area contributed by atoms with Crippen molar-refractivity contribution in [1.82, 2.24) is 4.90 Å². The van der Waals surface area contributed by atoms with Crippen LogP contribution in [-0.4, -0.2) is 17.0 Å². The highest BCUT2D eigenvalue weighted by Crippen LogP contribution is 2.23. The Morgan fingerprint density at radius 1 is 1.44 bits per heavy atom. The lowest BCUT2D eigenvalue weighted by molar-refractivity contribution is -0.167. The van der Waals surface area contributed by atoms with Crippen LogP contribution < -0.4 is 0 Å². The van der Waals surface area contributed by atoms with Gasteiger partial charge in [-0.3, -0.25) is 4.79 Å². The predicted octanol–water partition coefficient (Wildman–Crippen LogP) is 2.30. The van der Waals surface area contributed by atoms with Crippen LogP contribution in [0.4, 0.5) is 0 Å². The van der Waals surface area contributed by atoms with Gasteiger partial charge in [0.15, 0.2) is 6.23 Å². The molecular weight excluding hydrogens is 202 g/mol. The van der Waals surface area contributed by atoms with Gasteiger partial charge in [-0.05, 0) is 12.5 Å². The summed E-state index contributed by atoms with van der Waals surface area (Å²) >= 11 is 0. The Morgan fingerprint density at radius 3 is 2.81 bits per heavy atom. The van der Waals surface area contributed by atoms with Crippen LogP contribution in [0.5, 0.6) is 0 Å². The van der Waals surface area contributed by atoms with E-state index in [-0.39, 0.29) is 12.1 Å². The third kappa shape index (κ3) is 2.24. The van der Waals surface area contributed by atoms with Crippen LogP contribution in [0.1, 0.15) is 18.9 Å². The number of carbonyl (C=O) groups is 1. The van der Waals surface area contributed by atoms with Crippen molar-refractivity contribution in [2.75, 3.05) is 0 Å². The van der Waals surface area contributed by atoms with E-state index in [9.17, 15) is 4.79 Å². The SMILES string of the molecule is C/C=C\OC1CC(=O)N1Cc1ccccc1. The number of benzene rings is 1. The van der Waals surface area contributed by atoms with Gasteiger partial charge in [0.2, 0.25) is 5.91 Å². The molecule has 1 amide bonds. The number of hydrogen-bond acceptors (Lipinski definition) is 2. The summed E-state index contributed by atoms with van der Waals surface area (Å²) in [6.07, 6.45) is 3.85. The van der Waals surface area contributed by atoms with Crippen molar-refractivity contribution in [3.63, 3.8) is 0 Å². The Hall–Kier alpha value is -1.77. The average Bonchev–Trinajstić information content (AvgIpc) is 2.33. The maximum atomic E-state index is 11.4. The Kier molecular flexibility index (Phi) is 3.25. The minimum absolute atomic E-state index is 0.0936. The zero-order valence-electron chi connectivity index (χ0n) is 9.30. The first-order chi connectivity index (χ1) is 7.81. The second-order valence-corrected chi connectivity index (χ2v) is 3.77. The molecule has 0 spiro atoms. The van der Waals surface area contributed by atoms with Gasteiger partial charge in [-0.15, -0.1) is 0 Å². The molecule has 1 heterocycles. The summed E-state index contributed by atoms with van der Waals surface area (Å²) in [5.74, 6) is 0.151. The molecule has 1 aliphatic heterocycles. The summed E-state index contributed by atoms with van der Waals surface area (Å²) in [6, 6.07) is 9.94. The van der Waals surface area contributed by atoms with E-state index >= 15 is 0 Å². The van der Waals surface area contributed by atoms with Gasteiger partial charge in [0.1, 0.15) is 0 Å². The topological polar surface area (TPSA) is 29.5 Å². The lowest BCUT2D eigenvalue weighted by Crippen LogP contribution is -2.52. The summed E-state index contributed by atoms with van der Waals surface area (Å²) in [7, 11) is 0. The molecule has 1 aromatic carbocycles. The number of likely N-dealkylation sites (tertiary alicyclic amines) is 1. The number of amides is 1. The normalized spacial score (nSPS) is 19.9. The van der Waals surface area contributed by atoms with Gasteiger partial charge in [0.05, 0.1) is 12.7 Å². The highest BCUT2D eigenvalue weighted by molar-refractivity contribution is 5.82. The monoisotopic (exact) mass is 217 g/mol. The molecule has 1 saturated heterocycles. The van der Waals surface area contributed by atoms with Crippen molar-refractivity contribution in [3.8, 4) is 0 Å². The Balaban J connectivity index is 1.95. The number of carbonyl (C=O) groups excluding carboxylic acids is 1. The minimum atomic E-state index is -0.0936. The van der Waals surface area contributed by atoms with Crippen molar-refractivity contribution < 1.29 is 9.53 Å². The summed E-state index contributed by atoms with van der Waals surface area (Å²) in [4.78, 5) is 13.2. The van der Waals surface area contributed by atoms with Gasteiger partial charge in [-0.1, -0.05) is 36.4 Å². The number of allylic oxidation sites excluding steroid dienone is 1. The van der Waals surface area contributed by atoms with Crippen LogP contribution in [0.15, 0.2) is 42.7 Å². The molecule has 0 aliphatic carbocycles. The van der Waals surface area contributed by atoms with Crippen molar-refractivity contribution in [1.29, 1.82) is 0 Å². The first-order valence-electron chi connectivity index (χ1n) is 5.41. The second-order valence-electron chi connectivity index (χ2n) is 3.77. The maximum Gasteiger partial charge on any atom is 0.231 e. The van der Waals surface area contributed by atoms with Gasteiger partial charge in [-0.2, -0.15) is 0 Å². The van der Waals surface area contributed by atoms with E-state index in [1.165, 1.54) is 0 Å². The summed E-state index contributed by atoms with van der Waals surface area (Å²) < 4.78 is 5.41. The molecule has 3 heteroatoms. The van der Waals surface area contributed by atoms with Crippen LogP contribution >= 0.6 is 0 Å². The Bertz CT molecular complexity index is 386. The van der Waals surface area contributed by atoms with Crippen molar-refractivity contribution in [2.24, 2.45) is 0 Å². The van der Waals surface area contributed by atoms with E-state index in [1.54, 1.807) is 11.2 Å². The Labute approximate surface area is 95.3 Å². The minimum Gasteiger partial charge on any atom is -0.478 e. The van der Waals surface area contributed by atoms with E-state index in [0.717, 1.165) is 5.56 Å². The molecule has 0 bridgehead atoms. The van der Waals surface area contributed by atoms with Gasteiger partial charge < -0.3 is 9.64 Å². The first-order valence-corrected chi connectivity index (χ1v) is 5.41. The summed E-state index contributed by atoms with van der Waals surface area (Å²) in [5.41, 5.74) is 1.13. The first kappa shape index (κ1) is 10.7. The fourth-order valence-corrected chi connectivity index (χ4v) is 1.69. The standard InChI is InChI=1S/C13H15NO2/c1-2-8-16-13-9-12(15)14(13)10-11-6-4-3-5-7-11/h2-8,13H,9-10H2,1H3/b8-2-. The molecule has 0 aromatic heterocycles. The Morgan fingerprint density at radius 2 is 2.19 bits per heavy atom. The fourth-order valence-electron chi connectivity index (χ4n) is 1.69. The molecular formula is C13H15NO2. The summed E-state index contributed by atoms with van der Waals surface area (Å²) in [6.45, 7) is 2.52. The molecule has 1 aliphatic rings. The van der Waals surface area contributed by atoms with Crippen LogP contribution in [0.25, 0.3) is 0 Å². The van der Waals surface area contributed by atoms with Crippen LogP contribution in [0.3, 0.4) is 0 Å². The van der Waals surface area contributed by atoms with Gasteiger partial charge in [0.25, 0.3) is 0 Å². The van der Waals surface area contributed by atoms with E-state index in [4.69, 9.17) is 4.74 Å². The van der Waals surface area contributed by atoms with Gasteiger partial charge in [-0.25, -0.2) is 0 Å². The van der Waals surface area contributed by atoms with E-state index in [0.29, 0.717) is 13.0 Å². The molecule has 2 rings (SSSR count). The quantitative estimate of drug-likeness (QED) is 0.572. The smallest absolute Gasteiger partial charge is 0.231 e. The molecule has 0 N–H and O–H groups in total. The van der Waals surface area contributed by atoms with Crippen molar-refractivity contribution in [3.05, 3.63) is 48.2 Å². The van der Waals surface area contributed by atoms with Crippen LogP contribution in [0, 0.1) is 0 Å². The third-order valence-electron chi connectivity index (χ3n) is 2.58. The average molecular weight is 217 g/mol. The van der Waals surface area contributed by atoms with Crippen LogP contribution in [0.2, 0.25) is 0 Å². The van der Waals surface area contributed by atoms with E-state index in [1.807, 2.05) is 43.3 Å². The highest BCUT2D eigenvalue weighted by Gasteiger charge is 2.36. The largest absolute Gasteiger partial charge is 0.478 e. The van der Waals surface area contributed by atoms with Gasteiger partial charge in [0, 0.05) is 6.54 Å². The summed E-state index contributed by atoms with van der Waals surface area (Å²) in [5, 5.41) is 0. The van der Waals surface area contributed by atoms with Crippen molar-refractivity contribution in [2.45, 2.75) is 26.1 Å². The van der Waals surface area contributed by atoms with Gasteiger partial charge >= 0.3 is 0 Å². The zero-order chi connectivity index (χ0) is 11.4. The molecule has 1 atom stereocenters. The number of nitrogens with zero attached hydrogens (tertiary/aromatic N) is 1. The fraction of sp³-hybridized carbons (Fsp3) is 0.308. The maximum absolute atomic E-state index is 11.4. The molecule has 1 aromatic rings. The number of hydrogen-bond donors (Lipinski definition) is 0. The molecule has 0 radical (unpaired) electrons. The molecule has 1 fully saturated rings. The third-order valence-corrected chi connectivity index (χ3v) is 2.58. The zero-order valence-corrected chi connectivity index (χ0v) is 9.30. The lowest BCUT2D eigenvalue weighted by Gasteiger charge is -2.39. The molecule has 3 nitrogen and oxygen atoms in total. The molecule has 0 saturated carbocycles. The van der Waals surface area contributed by atoms with E-state index < -0.39 is 0 Å². The predicted molar refractivity (Wildman–Crippen MR) is 61.3 cm³/mol. The lowest BCUT2D eigenvalue weighted by atomic mass is 10.1. The molecule has 1 unspecified atom stereocenters. The number of β-lactam (4-membered cyclic amide) rings is 1. The van der Waals surface area contributed by atoms with Crippen LogP contribution in [-0.2, 0) is 16.1 Å².